The molecule has 0 bridgehead atoms. The monoisotopic (exact) mass is 445 g/mol. The molecule has 0 radical (unpaired) electrons. The van der Waals surface area contributed by atoms with Gasteiger partial charge in [-0.3, -0.25) is 4.79 Å². The minimum atomic E-state index is -0.393. The van der Waals surface area contributed by atoms with Crippen molar-refractivity contribution in [2.45, 2.75) is 38.1 Å². The Hall–Kier alpha value is -2.62. The van der Waals surface area contributed by atoms with Gasteiger partial charge < -0.3 is 4.90 Å². The molecule has 156 valence electrons. The van der Waals surface area contributed by atoms with E-state index in [-0.39, 0.29) is 11.3 Å². The van der Waals surface area contributed by atoms with E-state index in [4.69, 9.17) is 11.6 Å². The van der Waals surface area contributed by atoms with Crippen molar-refractivity contribution in [2.24, 2.45) is 0 Å². The molecule has 1 aromatic heterocycles. The molecule has 2 heterocycles. The zero-order valence-corrected chi connectivity index (χ0v) is 19.4. The Morgan fingerprint density at radius 2 is 1.55 bits per heavy atom. The molecule has 0 spiro atoms. The van der Waals surface area contributed by atoms with E-state index in [0.29, 0.717) is 9.90 Å². The summed E-state index contributed by atoms with van der Waals surface area (Å²) < 4.78 is 1.04. The molecule has 1 atom stereocenters. The summed E-state index contributed by atoms with van der Waals surface area (Å²) in [6, 6.07) is 26.8. The average molecular weight is 446 g/mol. The molecule has 0 saturated heterocycles. The number of halogens is 1. The van der Waals surface area contributed by atoms with E-state index in [1.165, 1.54) is 22.5 Å². The smallest absolute Gasteiger partial charge is 0.270 e. The summed E-state index contributed by atoms with van der Waals surface area (Å²) >= 11 is 8.18. The topological polar surface area (TPSA) is 20.3 Å². The molecule has 0 unspecified atom stereocenters. The Balaban J connectivity index is 1.69. The molecule has 3 aromatic carbocycles. The van der Waals surface area contributed by atoms with Crippen LogP contribution in [0.4, 0.5) is 5.69 Å². The lowest BCUT2D eigenvalue weighted by Crippen LogP contribution is -2.55. The average Bonchev–Trinajstić information content (AvgIpc) is 3.10. The fourth-order valence-electron chi connectivity index (χ4n) is 5.20. The van der Waals surface area contributed by atoms with Gasteiger partial charge in [-0.05, 0) is 43.5 Å². The van der Waals surface area contributed by atoms with Crippen LogP contribution in [0.25, 0.3) is 10.1 Å². The third-order valence-corrected chi connectivity index (χ3v) is 8.14. The van der Waals surface area contributed by atoms with Gasteiger partial charge in [0.25, 0.3) is 5.91 Å². The molecule has 1 amide bonds. The number of para-hydroxylation sites is 1. The lowest BCUT2D eigenvalue weighted by molar-refractivity contribution is 0.0953. The molecule has 1 aliphatic heterocycles. The Morgan fingerprint density at radius 1 is 0.903 bits per heavy atom. The van der Waals surface area contributed by atoms with Gasteiger partial charge in [0.1, 0.15) is 4.88 Å². The first-order valence-electron chi connectivity index (χ1n) is 10.5. The number of thiophene rings is 1. The number of benzene rings is 3. The predicted octanol–water partition coefficient (Wildman–Crippen LogP) is 7.69. The number of hydrogen-bond acceptors (Lipinski definition) is 2. The van der Waals surface area contributed by atoms with Crippen molar-refractivity contribution in [3.8, 4) is 0 Å². The van der Waals surface area contributed by atoms with Gasteiger partial charge >= 0.3 is 0 Å². The second-order valence-corrected chi connectivity index (χ2v) is 10.5. The van der Waals surface area contributed by atoms with Gasteiger partial charge in [-0.15, -0.1) is 11.3 Å². The van der Waals surface area contributed by atoms with Gasteiger partial charge in [0.05, 0.1) is 5.02 Å². The number of hydrogen-bond donors (Lipinski definition) is 0. The van der Waals surface area contributed by atoms with Gasteiger partial charge in [-0.25, -0.2) is 0 Å². The maximum atomic E-state index is 14.0. The van der Waals surface area contributed by atoms with Crippen LogP contribution in [0, 0.1) is 0 Å². The largest absolute Gasteiger partial charge is 0.302 e. The molecule has 1 aliphatic rings. The molecule has 5 rings (SSSR count). The maximum absolute atomic E-state index is 14.0. The van der Waals surface area contributed by atoms with Crippen LogP contribution < -0.4 is 4.90 Å². The molecule has 0 N–H and O–H groups in total. The van der Waals surface area contributed by atoms with Crippen LogP contribution in [0.15, 0.2) is 78.9 Å². The maximum Gasteiger partial charge on any atom is 0.270 e. The minimum Gasteiger partial charge on any atom is -0.302 e. The third kappa shape index (κ3) is 3.10. The Bertz CT molecular complexity index is 1290. The number of rotatable bonds is 2. The van der Waals surface area contributed by atoms with E-state index in [0.717, 1.165) is 22.2 Å². The number of amides is 1. The fraction of sp³-hybridized carbons (Fsp3) is 0.222. The number of fused-ring (bicyclic) bond motifs is 2. The van der Waals surface area contributed by atoms with Gasteiger partial charge in [0, 0.05) is 26.7 Å². The highest BCUT2D eigenvalue weighted by molar-refractivity contribution is 7.21. The number of carbonyl (C=O) groups excluding carboxylic acids is 1. The van der Waals surface area contributed by atoms with E-state index in [1.54, 1.807) is 0 Å². The SMILES string of the molecule is CC1(C)C[C@](C)(c2ccccc2)c2ccccc2N1C(=O)c1sc2ccccc2c1Cl. The lowest BCUT2D eigenvalue weighted by atomic mass is 9.65. The Kier molecular flexibility index (Phi) is 4.72. The summed E-state index contributed by atoms with van der Waals surface area (Å²) in [5.41, 5.74) is 2.81. The second kappa shape index (κ2) is 7.22. The van der Waals surface area contributed by atoms with Gasteiger partial charge in [0.15, 0.2) is 0 Å². The predicted molar refractivity (Wildman–Crippen MR) is 132 cm³/mol. The van der Waals surface area contributed by atoms with Crippen LogP contribution in [0.1, 0.15) is 48.0 Å². The van der Waals surface area contributed by atoms with Crippen LogP contribution in [-0.2, 0) is 5.41 Å². The number of anilines is 1. The number of carbonyl (C=O) groups is 1. The molecule has 31 heavy (non-hydrogen) atoms. The summed E-state index contributed by atoms with van der Waals surface area (Å²) in [5, 5.41) is 1.49. The highest BCUT2D eigenvalue weighted by Crippen LogP contribution is 2.51. The molecule has 2 nitrogen and oxygen atoms in total. The van der Waals surface area contributed by atoms with E-state index in [2.05, 4.69) is 63.2 Å². The van der Waals surface area contributed by atoms with E-state index >= 15 is 0 Å². The first kappa shape index (κ1) is 20.3. The van der Waals surface area contributed by atoms with E-state index in [1.807, 2.05) is 41.3 Å². The quantitative estimate of drug-likeness (QED) is 0.309. The van der Waals surface area contributed by atoms with Crippen molar-refractivity contribution in [3.05, 3.63) is 99.9 Å². The van der Waals surface area contributed by atoms with Crippen LogP contribution in [-0.4, -0.2) is 11.4 Å². The Labute approximate surface area is 192 Å². The van der Waals surface area contributed by atoms with Crippen molar-refractivity contribution < 1.29 is 4.79 Å². The van der Waals surface area contributed by atoms with Crippen molar-refractivity contribution in [3.63, 3.8) is 0 Å². The zero-order chi connectivity index (χ0) is 21.8. The normalized spacial score (nSPS) is 19.9. The summed E-state index contributed by atoms with van der Waals surface area (Å²) in [5.74, 6) is -0.0289. The first-order valence-corrected chi connectivity index (χ1v) is 11.7. The summed E-state index contributed by atoms with van der Waals surface area (Å²) in [4.78, 5) is 16.5. The highest BCUT2D eigenvalue weighted by atomic mass is 35.5. The second-order valence-electron chi connectivity index (χ2n) is 9.09. The van der Waals surface area contributed by atoms with Crippen molar-refractivity contribution in [2.75, 3.05) is 4.90 Å². The summed E-state index contributed by atoms with van der Waals surface area (Å²) in [6.07, 6.45) is 0.815. The van der Waals surface area contributed by atoms with Crippen LogP contribution >= 0.6 is 22.9 Å². The van der Waals surface area contributed by atoms with E-state index < -0.39 is 5.54 Å². The van der Waals surface area contributed by atoms with Gasteiger partial charge in [0.2, 0.25) is 0 Å². The molecule has 0 saturated carbocycles. The first-order chi connectivity index (χ1) is 14.8. The van der Waals surface area contributed by atoms with Crippen LogP contribution in [0.2, 0.25) is 5.02 Å². The van der Waals surface area contributed by atoms with E-state index in [9.17, 15) is 4.79 Å². The molecule has 4 heteroatoms. The standard InChI is InChI=1S/C27H24ClNOS/c1-26(2)17-27(3,18-11-5-4-6-12-18)20-14-8-9-15-21(20)29(26)25(30)24-23(28)19-13-7-10-16-22(19)31-24/h4-16H,17H2,1-3H3/t27-/m1/s1. The van der Waals surface area contributed by atoms with Crippen molar-refractivity contribution in [1.82, 2.24) is 0 Å². The van der Waals surface area contributed by atoms with Gasteiger partial charge in [-0.1, -0.05) is 85.3 Å². The minimum absolute atomic E-state index is 0.0289. The van der Waals surface area contributed by atoms with Crippen molar-refractivity contribution in [1.29, 1.82) is 0 Å². The molecule has 4 aromatic rings. The third-order valence-electron chi connectivity index (χ3n) is 6.47. The van der Waals surface area contributed by atoms with Crippen LogP contribution in [0.5, 0.6) is 0 Å². The highest BCUT2D eigenvalue weighted by Gasteiger charge is 2.48. The molecular weight excluding hydrogens is 422 g/mol. The van der Waals surface area contributed by atoms with Gasteiger partial charge in [-0.2, -0.15) is 0 Å². The molecule has 0 fully saturated rings. The zero-order valence-electron chi connectivity index (χ0n) is 17.9. The van der Waals surface area contributed by atoms with Crippen molar-refractivity contribution >= 4 is 44.6 Å². The molecular formula is C27H24ClNOS. The summed E-state index contributed by atoms with van der Waals surface area (Å²) in [6.45, 7) is 6.60. The fourth-order valence-corrected chi connectivity index (χ4v) is 6.64. The molecule has 0 aliphatic carbocycles. The Morgan fingerprint density at radius 3 is 2.29 bits per heavy atom. The van der Waals surface area contributed by atoms with Crippen LogP contribution in [0.3, 0.4) is 0 Å². The number of nitrogens with zero attached hydrogens (tertiary/aromatic N) is 1. The lowest BCUT2D eigenvalue weighted by Gasteiger charge is -2.51. The summed E-state index contributed by atoms with van der Waals surface area (Å²) in [7, 11) is 0.